The number of nitrogens with one attached hydrogen (secondary N) is 2. The van der Waals surface area contributed by atoms with E-state index in [-0.39, 0.29) is 11.5 Å². The van der Waals surface area contributed by atoms with E-state index in [0.29, 0.717) is 6.54 Å². The molecule has 18 heavy (non-hydrogen) atoms. The van der Waals surface area contributed by atoms with Gasteiger partial charge in [0.15, 0.2) is 0 Å². The average molecular weight is 250 g/mol. The van der Waals surface area contributed by atoms with E-state index in [0.717, 1.165) is 17.2 Å². The molecule has 0 aromatic carbocycles. The Morgan fingerprint density at radius 1 is 1.61 bits per heavy atom. The molecule has 0 saturated carbocycles. The minimum Gasteiger partial charge on any atom is -0.354 e. The van der Waals surface area contributed by atoms with Crippen molar-refractivity contribution in [3.05, 3.63) is 32.6 Å². The van der Waals surface area contributed by atoms with E-state index in [9.17, 15) is 14.4 Å². The van der Waals surface area contributed by atoms with Crippen LogP contribution in [0.15, 0.2) is 15.8 Å². The maximum absolute atomic E-state index is 11.7. The highest BCUT2D eigenvalue weighted by atomic mass is 16.2. The number of amides is 1. The lowest BCUT2D eigenvalue weighted by Gasteiger charge is -2.14. The van der Waals surface area contributed by atoms with Gasteiger partial charge in [-0.15, -0.1) is 0 Å². The highest BCUT2D eigenvalue weighted by Gasteiger charge is 2.17. The van der Waals surface area contributed by atoms with E-state index in [1.165, 1.54) is 6.92 Å². The topological polar surface area (TPSA) is 108 Å². The lowest BCUT2D eigenvalue weighted by molar-refractivity contribution is -0.123. The third kappa shape index (κ3) is 2.85. The first kappa shape index (κ1) is 13.7. The van der Waals surface area contributed by atoms with Crippen LogP contribution >= 0.6 is 0 Å². The normalized spacial score (nSPS) is 11.6. The molecule has 0 saturated heterocycles. The molecule has 96 valence electrons. The van der Waals surface area contributed by atoms with E-state index in [1.54, 1.807) is 6.07 Å². The fourth-order valence-corrected chi connectivity index (χ4v) is 1.37. The summed E-state index contributed by atoms with van der Waals surface area (Å²) in [5, 5.41) is 11.3. The van der Waals surface area contributed by atoms with E-state index in [2.05, 4.69) is 5.32 Å². The largest absolute Gasteiger partial charge is 0.354 e. The average Bonchev–Trinajstić information content (AvgIpc) is 2.35. The molecular weight excluding hydrogens is 236 g/mol. The molecule has 0 aliphatic carbocycles. The van der Waals surface area contributed by atoms with E-state index < -0.39 is 17.3 Å². The van der Waals surface area contributed by atoms with Crippen LogP contribution in [-0.2, 0) is 4.79 Å². The molecule has 0 aliphatic rings. The van der Waals surface area contributed by atoms with E-state index >= 15 is 0 Å². The third-order valence-electron chi connectivity index (χ3n) is 2.43. The highest BCUT2D eigenvalue weighted by Crippen LogP contribution is 2.01. The van der Waals surface area contributed by atoms with Crippen molar-refractivity contribution < 1.29 is 4.79 Å². The molecule has 7 nitrogen and oxygen atoms in total. The summed E-state index contributed by atoms with van der Waals surface area (Å²) >= 11 is 0. The molecule has 0 radical (unpaired) electrons. The molecule has 1 heterocycles. The molecule has 1 rings (SSSR count). The van der Waals surface area contributed by atoms with Gasteiger partial charge < -0.3 is 5.32 Å². The molecule has 1 unspecified atom stereocenters. The Morgan fingerprint density at radius 3 is 2.83 bits per heavy atom. The number of nitrogens with zero attached hydrogens (tertiary/aromatic N) is 2. The van der Waals surface area contributed by atoms with Crippen LogP contribution in [0.1, 0.15) is 31.9 Å². The van der Waals surface area contributed by atoms with Crippen LogP contribution in [0.2, 0.25) is 0 Å². The van der Waals surface area contributed by atoms with Gasteiger partial charge in [0.2, 0.25) is 5.91 Å². The summed E-state index contributed by atoms with van der Waals surface area (Å²) in [4.78, 5) is 36.4. The Kier molecular flexibility index (Phi) is 4.43. The second-order valence-corrected chi connectivity index (χ2v) is 3.79. The molecule has 7 heteroatoms. The van der Waals surface area contributed by atoms with Gasteiger partial charge >= 0.3 is 5.69 Å². The zero-order chi connectivity index (χ0) is 13.7. The van der Waals surface area contributed by atoms with Gasteiger partial charge in [-0.3, -0.25) is 19.1 Å². The van der Waals surface area contributed by atoms with E-state index in [1.807, 2.05) is 11.9 Å². The summed E-state index contributed by atoms with van der Waals surface area (Å²) in [7, 11) is 0. The van der Waals surface area contributed by atoms with Crippen molar-refractivity contribution in [1.82, 2.24) is 14.9 Å². The lowest BCUT2D eigenvalue weighted by atomic mass is 10.3. The van der Waals surface area contributed by atoms with Gasteiger partial charge in [0.1, 0.15) is 17.7 Å². The van der Waals surface area contributed by atoms with Crippen LogP contribution in [0.3, 0.4) is 0 Å². The molecule has 1 atom stereocenters. The highest BCUT2D eigenvalue weighted by molar-refractivity contribution is 5.79. The Bertz CT molecular complexity index is 594. The Balaban J connectivity index is 3.10. The first-order chi connectivity index (χ1) is 8.51. The zero-order valence-corrected chi connectivity index (χ0v) is 10.2. The number of carbonyl (C=O) groups is 1. The summed E-state index contributed by atoms with van der Waals surface area (Å²) in [6.45, 7) is 3.93. The summed E-state index contributed by atoms with van der Waals surface area (Å²) in [5.41, 5.74) is -1.66. The van der Waals surface area contributed by atoms with Gasteiger partial charge in [0.25, 0.3) is 5.56 Å². The second-order valence-electron chi connectivity index (χ2n) is 3.79. The van der Waals surface area contributed by atoms with Gasteiger partial charge in [-0.05, 0) is 13.3 Å². The molecule has 0 spiro atoms. The molecule has 0 bridgehead atoms. The molecule has 1 amide bonds. The van der Waals surface area contributed by atoms with Crippen LogP contribution in [0.4, 0.5) is 0 Å². The van der Waals surface area contributed by atoms with Gasteiger partial charge in [-0.2, -0.15) is 5.26 Å². The quantitative estimate of drug-likeness (QED) is 0.750. The van der Waals surface area contributed by atoms with Crippen LogP contribution in [0.5, 0.6) is 0 Å². The minimum absolute atomic E-state index is 0.204. The molecule has 1 aromatic heterocycles. The lowest BCUT2D eigenvalue weighted by Crippen LogP contribution is -2.39. The van der Waals surface area contributed by atoms with Gasteiger partial charge in [0, 0.05) is 12.7 Å². The fourth-order valence-electron chi connectivity index (χ4n) is 1.37. The maximum Gasteiger partial charge on any atom is 0.329 e. The smallest absolute Gasteiger partial charge is 0.329 e. The van der Waals surface area contributed by atoms with Crippen LogP contribution in [0, 0.1) is 11.3 Å². The van der Waals surface area contributed by atoms with Crippen LogP contribution in [0.25, 0.3) is 0 Å². The first-order valence-electron chi connectivity index (χ1n) is 5.54. The van der Waals surface area contributed by atoms with Crippen molar-refractivity contribution in [1.29, 1.82) is 5.26 Å². The predicted octanol–water partition coefficient (Wildman–Crippen LogP) is -0.505. The molecule has 1 aromatic rings. The van der Waals surface area contributed by atoms with E-state index in [4.69, 9.17) is 5.26 Å². The minimum atomic E-state index is -0.784. The first-order valence-corrected chi connectivity index (χ1v) is 5.54. The van der Waals surface area contributed by atoms with Crippen molar-refractivity contribution in [2.45, 2.75) is 26.3 Å². The summed E-state index contributed by atoms with van der Waals surface area (Å²) in [6, 6.07) is 0.880. The van der Waals surface area contributed by atoms with Crippen molar-refractivity contribution in [2.75, 3.05) is 6.54 Å². The number of hydrogen-bond acceptors (Lipinski definition) is 4. The summed E-state index contributed by atoms with van der Waals surface area (Å²) in [6.07, 6.45) is 1.87. The van der Waals surface area contributed by atoms with Gasteiger partial charge in [-0.1, -0.05) is 6.92 Å². The standard InChI is InChI=1S/C11H14N4O3/c1-3-4-13-9(16)7(2)15-6-8(5-12)10(17)14-11(15)18/h6-7H,3-4H2,1-2H3,(H,13,16)(H,14,17,18). The summed E-state index contributed by atoms with van der Waals surface area (Å²) in [5.74, 6) is -0.338. The molecule has 2 N–H and O–H groups in total. The molecule has 0 fully saturated rings. The van der Waals surface area contributed by atoms with Crippen molar-refractivity contribution in [3.63, 3.8) is 0 Å². The number of nitriles is 1. The third-order valence-corrected chi connectivity index (χ3v) is 2.43. The number of rotatable bonds is 4. The van der Waals surface area contributed by atoms with Gasteiger partial charge in [0.05, 0.1) is 0 Å². The Hall–Kier alpha value is -2.36. The Morgan fingerprint density at radius 2 is 2.28 bits per heavy atom. The van der Waals surface area contributed by atoms with Crippen molar-refractivity contribution in [2.24, 2.45) is 0 Å². The molecular formula is C11H14N4O3. The van der Waals surface area contributed by atoms with Gasteiger partial charge in [-0.25, -0.2) is 4.79 Å². The SMILES string of the molecule is CCCNC(=O)C(C)n1cc(C#N)c(=O)[nH]c1=O. The zero-order valence-electron chi connectivity index (χ0n) is 10.2. The maximum atomic E-state index is 11.7. The fraction of sp³-hybridized carbons (Fsp3) is 0.455. The van der Waals surface area contributed by atoms with Crippen molar-refractivity contribution >= 4 is 5.91 Å². The number of hydrogen-bond donors (Lipinski definition) is 2. The number of aromatic nitrogens is 2. The van der Waals surface area contributed by atoms with Crippen LogP contribution in [-0.4, -0.2) is 22.0 Å². The van der Waals surface area contributed by atoms with Crippen LogP contribution < -0.4 is 16.6 Å². The predicted molar refractivity (Wildman–Crippen MR) is 64.0 cm³/mol. The molecule has 0 aliphatic heterocycles. The Labute approximate surface area is 103 Å². The van der Waals surface area contributed by atoms with Crippen molar-refractivity contribution in [3.8, 4) is 6.07 Å². The number of aromatic amines is 1. The monoisotopic (exact) mass is 250 g/mol. The number of carbonyl (C=O) groups excluding carboxylic acids is 1. The second kappa shape index (κ2) is 5.82. The summed E-state index contributed by atoms with van der Waals surface area (Å²) < 4.78 is 1.03. The number of H-pyrrole nitrogens is 1.